The van der Waals surface area contributed by atoms with Crippen molar-refractivity contribution < 1.29 is 0 Å². The lowest BCUT2D eigenvalue weighted by Gasteiger charge is -2.23. The molecule has 1 aromatic rings. The van der Waals surface area contributed by atoms with Gasteiger partial charge in [0.15, 0.2) is 5.96 Å². The van der Waals surface area contributed by atoms with Crippen molar-refractivity contribution in [2.45, 2.75) is 43.3 Å². The number of nitrogens with one attached hydrogen (secondary N) is 1. The molecule has 2 unspecified atom stereocenters. The standard InChI is InChI=1S/C21H34N4S/c1-3-22-21(23-15-18(2)26-20-9-5-4-6-10-20)25-14-11-19(17-25)16-24-12-7-8-13-24/h4-6,9-10,18-19H,3,7-8,11-17H2,1-2H3,(H,22,23). The van der Waals surface area contributed by atoms with Gasteiger partial charge in [-0.2, -0.15) is 0 Å². The molecular weight excluding hydrogens is 340 g/mol. The SMILES string of the molecule is CCNC(=NCC(C)Sc1ccccc1)N1CCC(CN2CCCC2)C1. The van der Waals surface area contributed by atoms with E-state index in [4.69, 9.17) is 4.99 Å². The van der Waals surface area contributed by atoms with E-state index in [1.807, 2.05) is 11.8 Å². The van der Waals surface area contributed by atoms with Crippen LogP contribution in [0.4, 0.5) is 0 Å². The predicted octanol–water partition coefficient (Wildman–Crippen LogP) is 3.55. The zero-order valence-electron chi connectivity index (χ0n) is 16.4. The van der Waals surface area contributed by atoms with Gasteiger partial charge in [0.2, 0.25) is 0 Å². The predicted molar refractivity (Wildman–Crippen MR) is 113 cm³/mol. The Morgan fingerprint density at radius 1 is 1.23 bits per heavy atom. The number of aliphatic imine (C=N–C) groups is 1. The van der Waals surface area contributed by atoms with E-state index in [9.17, 15) is 0 Å². The van der Waals surface area contributed by atoms with Crippen molar-refractivity contribution in [1.82, 2.24) is 15.1 Å². The van der Waals surface area contributed by atoms with Crippen molar-refractivity contribution in [3.8, 4) is 0 Å². The number of thioether (sulfide) groups is 1. The summed E-state index contributed by atoms with van der Waals surface area (Å²) < 4.78 is 0. The number of hydrogen-bond acceptors (Lipinski definition) is 3. The van der Waals surface area contributed by atoms with Gasteiger partial charge in [-0.25, -0.2) is 0 Å². The Kier molecular flexibility index (Phi) is 7.69. The van der Waals surface area contributed by atoms with E-state index < -0.39 is 0 Å². The summed E-state index contributed by atoms with van der Waals surface area (Å²) in [5.74, 6) is 1.91. The molecule has 1 N–H and O–H groups in total. The summed E-state index contributed by atoms with van der Waals surface area (Å²) in [4.78, 5) is 11.4. The van der Waals surface area contributed by atoms with Crippen LogP contribution in [-0.2, 0) is 0 Å². The lowest BCUT2D eigenvalue weighted by atomic mass is 10.1. The van der Waals surface area contributed by atoms with Crippen LogP contribution in [0, 0.1) is 5.92 Å². The molecule has 3 rings (SSSR count). The van der Waals surface area contributed by atoms with Gasteiger partial charge >= 0.3 is 0 Å². The van der Waals surface area contributed by atoms with Crippen molar-refractivity contribution in [2.24, 2.45) is 10.9 Å². The van der Waals surface area contributed by atoms with Gasteiger partial charge in [-0.3, -0.25) is 4.99 Å². The second-order valence-electron chi connectivity index (χ2n) is 7.54. The quantitative estimate of drug-likeness (QED) is 0.449. The van der Waals surface area contributed by atoms with E-state index in [-0.39, 0.29) is 0 Å². The van der Waals surface area contributed by atoms with Crippen LogP contribution in [0.15, 0.2) is 40.2 Å². The Morgan fingerprint density at radius 3 is 2.73 bits per heavy atom. The normalized spacial score (nSPS) is 22.8. The van der Waals surface area contributed by atoms with Crippen molar-refractivity contribution in [3.05, 3.63) is 30.3 Å². The summed E-state index contributed by atoms with van der Waals surface area (Å²) in [6.07, 6.45) is 4.07. The maximum atomic E-state index is 4.95. The maximum Gasteiger partial charge on any atom is 0.193 e. The van der Waals surface area contributed by atoms with Gasteiger partial charge in [-0.05, 0) is 57.3 Å². The molecule has 144 valence electrons. The van der Waals surface area contributed by atoms with Gasteiger partial charge in [0.1, 0.15) is 0 Å². The van der Waals surface area contributed by atoms with Crippen LogP contribution < -0.4 is 5.32 Å². The lowest BCUT2D eigenvalue weighted by molar-refractivity contribution is 0.281. The number of guanidine groups is 1. The van der Waals surface area contributed by atoms with E-state index in [0.29, 0.717) is 5.25 Å². The minimum absolute atomic E-state index is 0.481. The lowest BCUT2D eigenvalue weighted by Crippen LogP contribution is -2.41. The van der Waals surface area contributed by atoms with Crippen LogP contribution in [0.2, 0.25) is 0 Å². The zero-order valence-corrected chi connectivity index (χ0v) is 17.2. The van der Waals surface area contributed by atoms with Gasteiger partial charge in [0, 0.05) is 36.3 Å². The van der Waals surface area contributed by atoms with Crippen molar-refractivity contribution >= 4 is 17.7 Å². The third kappa shape index (κ3) is 5.92. The second kappa shape index (κ2) is 10.2. The fourth-order valence-electron chi connectivity index (χ4n) is 3.91. The van der Waals surface area contributed by atoms with Crippen molar-refractivity contribution in [3.63, 3.8) is 0 Å². The first kappa shape index (κ1) is 19.6. The largest absolute Gasteiger partial charge is 0.357 e. The monoisotopic (exact) mass is 374 g/mol. The number of rotatable bonds is 7. The number of nitrogens with zero attached hydrogens (tertiary/aromatic N) is 3. The highest BCUT2D eigenvalue weighted by molar-refractivity contribution is 8.00. The summed E-state index contributed by atoms with van der Waals surface area (Å²) in [5, 5.41) is 3.99. The first-order chi connectivity index (χ1) is 12.7. The minimum Gasteiger partial charge on any atom is -0.357 e. The van der Waals surface area contributed by atoms with Gasteiger partial charge in [-0.15, -0.1) is 11.8 Å². The molecule has 2 saturated heterocycles. The molecule has 1 aromatic carbocycles. The summed E-state index contributed by atoms with van der Waals surface area (Å²) in [7, 11) is 0. The highest BCUT2D eigenvalue weighted by Gasteiger charge is 2.27. The topological polar surface area (TPSA) is 30.9 Å². The highest BCUT2D eigenvalue weighted by Crippen LogP contribution is 2.23. The first-order valence-electron chi connectivity index (χ1n) is 10.2. The number of hydrogen-bond donors (Lipinski definition) is 1. The zero-order chi connectivity index (χ0) is 18.2. The third-order valence-electron chi connectivity index (χ3n) is 5.21. The number of benzene rings is 1. The Bertz CT molecular complexity index is 556. The van der Waals surface area contributed by atoms with E-state index in [0.717, 1.165) is 38.1 Å². The van der Waals surface area contributed by atoms with Crippen LogP contribution >= 0.6 is 11.8 Å². The molecule has 26 heavy (non-hydrogen) atoms. The van der Waals surface area contributed by atoms with E-state index in [2.05, 4.69) is 59.3 Å². The van der Waals surface area contributed by atoms with Crippen LogP contribution in [0.1, 0.15) is 33.1 Å². The Balaban J connectivity index is 1.50. The van der Waals surface area contributed by atoms with E-state index in [1.165, 1.54) is 43.8 Å². The Morgan fingerprint density at radius 2 is 2.00 bits per heavy atom. The third-order valence-corrected chi connectivity index (χ3v) is 6.31. The van der Waals surface area contributed by atoms with Crippen molar-refractivity contribution in [2.75, 3.05) is 45.8 Å². The fraction of sp³-hybridized carbons (Fsp3) is 0.667. The molecule has 2 atom stereocenters. The molecule has 0 aromatic heterocycles. The maximum absolute atomic E-state index is 4.95. The van der Waals surface area contributed by atoms with E-state index in [1.54, 1.807) is 0 Å². The first-order valence-corrected chi connectivity index (χ1v) is 11.1. The summed E-state index contributed by atoms with van der Waals surface area (Å²) in [6, 6.07) is 10.6. The number of likely N-dealkylation sites (tertiary alicyclic amines) is 2. The molecule has 5 heteroatoms. The van der Waals surface area contributed by atoms with E-state index >= 15 is 0 Å². The second-order valence-corrected chi connectivity index (χ2v) is 9.06. The molecule has 2 fully saturated rings. The Labute approximate surface area is 163 Å². The molecule has 0 spiro atoms. The molecule has 0 amide bonds. The molecule has 0 aliphatic carbocycles. The van der Waals surface area contributed by atoms with Crippen LogP contribution in [0.5, 0.6) is 0 Å². The molecule has 2 heterocycles. The summed E-state index contributed by atoms with van der Waals surface area (Å²) >= 11 is 1.91. The van der Waals surface area contributed by atoms with Gasteiger partial charge in [0.05, 0.1) is 6.54 Å². The van der Waals surface area contributed by atoms with Crippen LogP contribution in [0.25, 0.3) is 0 Å². The van der Waals surface area contributed by atoms with Crippen molar-refractivity contribution in [1.29, 1.82) is 0 Å². The van der Waals surface area contributed by atoms with Crippen LogP contribution in [0.3, 0.4) is 0 Å². The summed E-state index contributed by atoms with van der Waals surface area (Å²) in [5.41, 5.74) is 0. The average Bonchev–Trinajstić information content (AvgIpc) is 3.32. The minimum atomic E-state index is 0.481. The van der Waals surface area contributed by atoms with Gasteiger partial charge in [0.25, 0.3) is 0 Å². The highest BCUT2D eigenvalue weighted by atomic mass is 32.2. The fourth-order valence-corrected chi connectivity index (χ4v) is 4.84. The average molecular weight is 375 g/mol. The summed E-state index contributed by atoms with van der Waals surface area (Å²) in [6.45, 7) is 12.4. The smallest absolute Gasteiger partial charge is 0.193 e. The Hall–Kier alpha value is -1.20. The molecule has 2 aliphatic heterocycles. The molecule has 2 aliphatic rings. The van der Waals surface area contributed by atoms with Crippen LogP contribution in [-0.4, -0.2) is 66.8 Å². The van der Waals surface area contributed by atoms with Gasteiger partial charge < -0.3 is 15.1 Å². The molecule has 4 nitrogen and oxygen atoms in total. The molecule has 0 saturated carbocycles. The van der Waals surface area contributed by atoms with Gasteiger partial charge in [-0.1, -0.05) is 25.1 Å². The molecule has 0 bridgehead atoms. The molecule has 0 radical (unpaired) electrons. The molecular formula is C21H34N4S.